The molecule has 2 aromatic heterocycles. The molecule has 1 fully saturated rings. The first kappa shape index (κ1) is 15.8. The molecule has 0 N–H and O–H groups in total. The molecule has 0 aliphatic carbocycles. The number of halogens is 3. The second-order valence-corrected chi connectivity index (χ2v) is 6.09. The van der Waals surface area contributed by atoms with Crippen LogP contribution in [-0.4, -0.2) is 35.0 Å². The highest BCUT2D eigenvalue weighted by molar-refractivity contribution is 7.12. The molecule has 1 saturated heterocycles. The Hall–Kier alpha value is -2.09. The van der Waals surface area contributed by atoms with Crippen molar-refractivity contribution in [1.29, 1.82) is 0 Å². The van der Waals surface area contributed by atoms with Gasteiger partial charge >= 0.3 is 6.18 Å². The summed E-state index contributed by atoms with van der Waals surface area (Å²) in [6, 6.07) is 5.32. The Morgan fingerprint density at radius 1 is 1.39 bits per heavy atom. The van der Waals surface area contributed by atoms with E-state index in [4.69, 9.17) is 4.74 Å². The molecule has 3 rings (SSSR count). The summed E-state index contributed by atoms with van der Waals surface area (Å²) >= 11 is 1.36. The molecule has 23 heavy (non-hydrogen) atoms. The number of amides is 1. The Labute approximate surface area is 134 Å². The van der Waals surface area contributed by atoms with Crippen LogP contribution in [-0.2, 0) is 6.18 Å². The van der Waals surface area contributed by atoms with Gasteiger partial charge < -0.3 is 9.64 Å². The minimum Gasteiger partial charge on any atom is -0.472 e. The van der Waals surface area contributed by atoms with Gasteiger partial charge in [0.1, 0.15) is 6.10 Å². The Morgan fingerprint density at radius 2 is 2.22 bits per heavy atom. The zero-order valence-corrected chi connectivity index (χ0v) is 12.7. The summed E-state index contributed by atoms with van der Waals surface area (Å²) < 4.78 is 43.5. The lowest BCUT2D eigenvalue weighted by Gasteiger charge is -2.16. The van der Waals surface area contributed by atoms with Crippen LogP contribution in [0, 0.1) is 0 Å². The summed E-state index contributed by atoms with van der Waals surface area (Å²) in [6.07, 6.45) is -3.15. The van der Waals surface area contributed by atoms with Gasteiger partial charge in [-0.25, -0.2) is 4.98 Å². The fraction of sp³-hybridized carbons (Fsp3) is 0.333. The Bertz CT molecular complexity index is 688. The molecule has 1 unspecified atom stereocenters. The SMILES string of the molecule is O=C(c1cccs1)N1CCC(Oc2cc(C(F)(F)F)ccn2)C1. The first-order chi connectivity index (χ1) is 10.9. The minimum atomic E-state index is -4.43. The van der Waals surface area contributed by atoms with E-state index in [-0.39, 0.29) is 17.9 Å². The number of ether oxygens (including phenoxy) is 1. The van der Waals surface area contributed by atoms with Crippen molar-refractivity contribution >= 4 is 17.2 Å². The Morgan fingerprint density at radius 3 is 2.91 bits per heavy atom. The topological polar surface area (TPSA) is 42.4 Å². The van der Waals surface area contributed by atoms with Gasteiger partial charge in [0.15, 0.2) is 0 Å². The third kappa shape index (κ3) is 3.64. The van der Waals surface area contributed by atoms with E-state index >= 15 is 0 Å². The molecule has 1 aliphatic heterocycles. The summed E-state index contributed by atoms with van der Waals surface area (Å²) in [5.41, 5.74) is -0.799. The monoisotopic (exact) mass is 342 g/mol. The quantitative estimate of drug-likeness (QED) is 0.858. The van der Waals surface area contributed by atoms with Crippen LogP contribution in [0.4, 0.5) is 13.2 Å². The van der Waals surface area contributed by atoms with E-state index in [1.165, 1.54) is 11.3 Å². The van der Waals surface area contributed by atoms with Crippen LogP contribution in [0.3, 0.4) is 0 Å². The molecule has 4 nitrogen and oxygen atoms in total. The van der Waals surface area contributed by atoms with Crippen molar-refractivity contribution in [1.82, 2.24) is 9.88 Å². The third-order valence-corrected chi connectivity index (χ3v) is 4.37. The third-order valence-electron chi connectivity index (χ3n) is 3.51. The fourth-order valence-electron chi connectivity index (χ4n) is 2.39. The van der Waals surface area contributed by atoms with Gasteiger partial charge in [0, 0.05) is 25.2 Å². The molecule has 2 aromatic rings. The largest absolute Gasteiger partial charge is 0.472 e. The molecule has 1 atom stereocenters. The fourth-order valence-corrected chi connectivity index (χ4v) is 3.08. The van der Waals surface area contributed by atoms with Gasteiger partial charge in [-0.05, 0) is 17.5 Å². The minimum absolute atomic E-state index is 0.0738. The summed E-state index contributed by atoms with van der Waals surface area (Å²) in [4.78, 5) is 18.3. The van der Waals surface area contributed by atoms with Crippen LogP contribution in [0.15, 0.2) is 35.8 Å². The van der Waals surface area contributed by atoms with Crippen LogP contribution in [0.25, 0.3) is 0 Å². The lowest BCUT2D eigenvalue weighted by molar-refractivity contribution is -0.137. The number of carbonyl (C=O) groups excluding carboxylic acids is 1. The highest BCUT2D eigenvalue weighted by atomic mass is 32.1. The normalized spacial score (nSPS) is 18.2. The number of thiophene rings is 1. The number of nitrogens with zero attached hydrogens (tertiary/aromatic N) is 2. The van der Waals surface area contributed by atoms with Crippen molar-refractivity contribution in [3.63, 3.8) is 0 Å². The molecule has 0 spiro atoms. The molecule has 8 heteroatoms. The maximum absolute atomic E-state index is 12.7. The summed E-state index contributed by atoms with van der Waals surface area (Å²) in [5.74, 6) is -0.154. The zero-order valence-electron chi connectivity index (χ0n) is 11.9. The first-order valence-electron chi connectivity index (χ1n) is 6.96. The predicted molar refractivity (Wildman–Crippen MR) is 78.5 cm³/mol. The number of pyridine rings is 1. The van der Waals surface area contributed by atoms with Crippen molar-refractivity contribution in [3.8, 4) is 5.88 Å². The van der Waals surface area contributed by atoms with E-state index in [9.17, 15) is 18.0 Å². The van der Waals surface area contributed by atoms with E-state index in [1.807, 2.05) is 5.38 Å². The molecule has 1 aliphatic rings. The van der Waals surface area contributed by atoms with Crippen LogP contribution in [0.2, 0.25) is 0 Å². The smallest absolute Gasteiger partial charge is 0.416 e. The molecule has 1 amide bonds. The lowest BCUT2D eigenvalue weighted by Crippen LogP contribution is -2.30. The van der Waals surface area contributed by atoms with Crippen molar-refractivity contribution in [2.45, 2.75) is 18.7 Å². The Kier molecular flexibility index (Phi) is 4.25. The lowest BCUT2D eigenvalue weighted by atomic mass is 10.2. The zero-order chi connectivity index (χ0) is 16.4. The van der Waals surface area contributed by atoms with Crippen LogP contribution >= 0.6 is 11.3 Å². The molecule has 0 aromatic carbocycles. The van der Waals surface area contributed by atoms with Gasteiger partial charge in [0.2, 0.25) is 5.88 Å². The van der Waals surface area contributed by atoms with Crippen molar-refractivity contribution in [2.24, 2.45) is 0 Å². The van der Waals surface area contributed by atoms with E-state index in [0.717, 1.165) is 18.3 Å². The molecule has 3 heterocycles. The summed E-state index contributed by atoms with van der Waals surface area (Å²) in [7, 11) is 0. The van der Waals surface area contributed by atoms with E-state index in [2.05, 4.69) is 4.98 Å². The molecule has 0 saturated carbocycles. The maximum Gasteiger partial charge on any atom is 0.416 e. The highest BCUT2D eigenvalue weighted by Crippen LogP contribution is 2.31. The number of carbonyl (C=O) groups is 1. The number of aromatic nitrogens is 1. The number of rotatable bonds is 3. The second kappa shape index (κ2) is 6.19. The van der Waals surface area contributed by atoms with E-state index < -0.39 is 11.7 Å². The molecule has 0 radical (unpaired) electrons. The van der Waals surface area contributed by atoms with Gasteiger partial charge in [-0.15, -0.1) is 11.3 Å². The highest BCUT2D eigenvalue weighted by Gasteiger charge is 2.32. The number of likely N-dealkylation sites (tertiary alicyclic amines) is 1. The van der Waals surface area contributed by atoms with Crippen LogP contribution < -0.4 is 4.74 Å². The van der Waals surface area contributed by atoms with E-state index in [1.54, 1.807) is 17.0 Å². The molecule has 122 valence electrons. The maximum atomic E-state index is 12.7. The molecular weight excluding hydrogens is 329 g/mol. The van der Waals surface area contributed by atoms with Crippen LogP contribution in [0.1, 0.15) is 21.7 Å². The van der Waals surface area contributed by atoms with Crippen molar-refractivity contribution < 1.29 is 22.7 Å². The van der Waals surface area contributed by atoms with Gasteiger partial charge in [0.25, 0.3) is 5.91 Å². The van der Waals surface area contributed by atoms with Gasteiger partial charge in [-0.1, -0.05) is 6.07 Å². The molecule has 0 bridgehead atoms. The molecular formula is C15H13F3N2O2S. The number of alkyl halides is 3. The second-order valence-electron chi connectivity index (χ2n) is 5.14. The van der Waals surface area contributed by atoms with Crippen molar-refractivity contribution in [3.05, 3.63) is 46.3 Å². The first-order valence-corrected chi connectivity index (χ1v) is 7.84. The standard InChI is InChI=1S/C15H13F3N2O2S/c16-15(17,18)10-3-5-19-13(8-10)22-11-4-6-20(9-11)14(21)12-2-1-7-23-12/h1-3,5,7-8,11H,4,6,9H2. The van der Waals surface area contributed by atoms with Crippen LogP contribution in [0.5, 0.6) is 5.88 Å². The van der Waals surface area contributed by atoms with E-state index in [0.29, 0.717) is 24.4 Å². The summed E-state index contributed by atoms with van der Waals surface area (Å²) in [5, 5.41) is 1.82. The van der Waals surface area contributed by atoms with Gasteiger partial charge in [-0.2, -0.15) is 13.2 Å². The van der Waals surface area contributed by atoms with Crippen molar-refractivity contribution in [2.75, 3.05) is 13.1 Å². The van der Waals surface area contributed by atoms with Gasteiger partial charge in [0.05, 0.1) is 17.0 Å². The average Bonchev–Trinajstić information content (AvgIpc) is 3.17. The van der Waals surface area contributed by atoms with Gasteiger partial charge in [-0.3, -0.25) is 4.79 Å². The summed E-state index contributed by atoms with van der Waals surface area (Å²) in [6.45, 7) is 0.856. The number of hydrogen-bond acceptors (Lipinski definition) is 4. The predicted octanol–water partition coefficient (Wildman–Crippen LogP) is 3.46. The average molecular weight is 342 g/mol. The Balaban J connectivity index is 1.63. The number of hydrogen-bond donors (Lipinski definition) is 0.